The molecule has 0 aromatic carbocycles. The highest BCUT2D eigenvalue weighted by atomic mass is 16.1. The highest BCUT2D eigenvalue weighted by Gasteiger charge is 2.23. The number of hydrogen-bond acceptors (Lipinski definition) is 3. The topological polar surface area (TPSA) is 57.8 Å². The van der Waals surface area contributed by atoms with Crippen molar-refractivity contribution in [2.45, 2.75) is 31.6 Å². The van der Waals surface area contributed by atoms with Crippen molar-refractivity contribution >= 4 is 0 Å². The van der Waals surface area contributed by atoms with Gasteiger partial charge in [0.2, 0.25) is 0 Å². The van der Waals surface area contributed by atoms with Crippen LogP contribution in [-0.2, 0) is 6.42 Å². The van der Waals surface area contributed by atoms with E-state index in [1.165, 1.54) is 19.3 Å². The van der Waals surface area contributed by atoms with Crippen molar-refractivity contribution in [1.82, 2.24) is 15.3 Å². The number of aromatic amines is 1. The second-order valence-corrected chi connectivity index (χ2v) is 4.97. The summed E-state index contributed by atoms with van der Waals surface area (Å²) in [6.07, 6.45) is 4.57. The molecule has 0 bridgehead atoms. The van der Waals surface area contributed by atoms with Crippen LogP contribution in [0.1, 0.15) is 36.7 Å². The monoisotopic (exact) mass is 219 g/mol. The molecule has 1 saturated carbocycles. The second kappa shape index (κ2) is 4.01. The van der Waals surface area contributed by atoms with Crippen LogP contribution in [0.3, 0.4) is 0 Å². The van der Waals surface area contributed by atoms with Crippen LogP contribution in [0.5, 0.6) is 0 Å². The van der Waals surface area contributed by atoms with E-state index in [-0.39, 0.29) is 5.56 Å². The van der Waals surface area contributed by atoms with Crippen LogP contribution in [0.2, 0.25) is 0 Å². The van der Waals surface area contributed by atoms with Crippen molar-refractivity contribution in [2.24, 2.45) is 5.92 Å². The van der Waals surface area contributed by atoms with Gasteiger partial charge in [-0.2, -0.15) is 0 Å². The molecule has 2 heterocycles. The van der Waals surface area contributed by atoms with Gasteiger partial charge in [-0.15, -0.1) is 0 Å². The predicted octanol–water partition coefficient (Wildman–Crippen LogP) is 0.799. The number of rotatable bonds is 3. The fourth-order valence-electron chi connectivity index (χ4n) is 2.30. The average molecular weight is 219 g/mol. The number of hydrogen-bond donors (Lipinski definition) is 2. The standard InChI is InChI=1S/C12H17N3O/c16-12-5-10(9-2-1-3-9)14-11(15-12)4-8-6-13-7-8/h5,8-9,13H,1-4,6-7H2,(H,14,15,16). The molecule has 1 aromatic heterocycles. The predicted molar refractivity (Wildman–Crippen MR) is 61.5 cm³/mol. The van der Waals surface area contributed by atoms with E-state index in [0.717, 1.165) is 31.0 Å². The minimum Gasteiger partial charge on any atom is -0.316 e. The third kappa shape index (κ3) is 1.89. The van der Waals surface area contributed by atoms with E-state index in [1.807, 2.05) is 0 Å². The van der Waals surface area contributed by atoms with Crippen LogP contribution in [0.4, 0.5) is 0 Å². The highest BCUT2D eigenvalue weighted by Crippen LogP contribution is 2.34. The van der Waals surface area contributed by atoms with E-state index in [9.17, 15) is 4.79 Å². The molecule has 2 aliphatic rings. The van der Waals surface area contributed by atoms with Gasteiger partial charge in [-0.05, 0) is 31.8 Å². The van der Waals surface area contributed by atoms with E-state index in [4.69, 9.17) is 0 Å². The van der Waals surface area contributed by atoms with Crippen molar-refractivity contribution in [2.75, 3.05) is 13.1 Å². The van der Waals surface area contributed by atoms with Crippen LogP contribution >= 0.6 is 0 Å². The lowest BCUT2D eigenvalue weighted by Gasteiger charge is -2.27. The maximum atomic E-state index is 11.5. The van der Waals surface area contributed by atoms with E-state index in [1.54, 1.807) is 6.07 Å². The molecule has 0 atom stereocenters. The van der Waals surface area contributed by atoms with E-state index >= 15 is 0 Å². The van der Waals surface area contributed by atoms with Crippen molar-refractivity contribution < 1.29 is 0 Å². The molecule has 4 heteroatoms. The summed E-state index contributed by atoms with van der Waals surface area (Å²) in [7, 11) is 0. The van der Waals surface area contributed by atoms with Gasteiger partial charge in [-0.3, -0.25) is 4.79 Å². The molecule has 0 unspecified atom stereocenters. The Bertz CT molecular complexity index is 432. The number of nitrogens with zero attached hydrogens (tertiary/aromatic N) is 1. The smallest absolute Gasteiger partial charge is 0.251 e. The number of nitrogens with one attached hydrogen (secondary N) is 2. The Labute approximate surface area is 94.5 Å². The van der Waals surface area contributed by atoms with Crippen LogP contribution in [0.15, 0.2) is 10.9 Å². The molecule has 0 amide bonds. The Balaban J connectivity index is 1.80. The first-order valence-corrected chi connectivity index (χ1v) is 6.12. The van der Waals surface area contributed by atoms with Crippen molar-refractivity contribution in [3.05, 3.63) is 27.9 Å². The minimum atomic E-state index is 0.0131. The molecule has 2 N–H and O–H groups in total. The number of aromatic nitrogens is 2. The summed E-state index contributed by atoms with van der Waals surface area (Å²) in [5.41, 5.74) is 1.02. The van der Waals surface area contributed by atoms with Gasteiger partial charge in [0.05, 0.1) is 5.69 Å². The zero-order chi connectivity index (χ0) is 11.0. The highest BCUT2D eigenvalue weighted by molar-refractivity contribution is 5.12. The molecule has 86 valence electrons. The van der Waals surface area contributed by atoms with Gasteiger partial charge in [0.15, 0.2) is 0 Å². The van der Waals surface area contributed by atoms with E-state index in [2.05, 4.69) is 15.3 Å². The Morgan fingerprint density at radius 3 is 2.75 bits per heavy atom. The Morgan fingerprint density at radius 1 is 1.38 bits per heavy atom. The van der Waals surface area contributed by atoms with Crippen LogP contribution < -0.4 is 10.9 Å². The Kier molecular flexibility index (Phi) is 2.52. The van der Waals surface area contributed by atoms with Gasteiger partial charge in [-0.25, -0.2) is 4.98 Å². The molecule has 4 nitrogen and oxygen atoms in total. The van der Waals surface area contributed by atoms with Gasteiger partial charge in [-0.1, -0.05) is 6.42 Å². The lowest BCUT2D eigenvalue weighted by atomic mass is 9.83. The molecule has 1 saturated heterocycles. The van der Waals surface area contributed by atoms with Crippen LogP contribution in [-0.4, -0.2) is 23.1 Å². The summed E-state index contributed by atoms with van der Waals surface area (Å²) in [5.74, 6) is 2.07. The van der Waals surface area contributed by atoms with Crippen molar-refractivity contribution in [1.29, 1.82) is 0 Å². The summed E-state index contributed by atoms with van der Waals surface area (Å²) in [6, 6.07) is 1.67. The largest absolute Gasteiger partial charge is 0.316 e. The molecule has 0 radical (unpaired) electrons. The third-order valence-corrected chi connectivity index (χ3v) is 3.68. The fourth-order valence-corrected chi connectivity index (χ4v) is 2.30. The summed E-state index contributed by atoms with van der Waals surface area (Å²) in [4.78, 5) is 19.0. The van der Waals surface area contributed by atoms with Gasteiger partial charge in [0.25, 0.3) is 5.56 Å². The van der Waals surface area contributed by atoms with Crippen molar-refractivity contribution in [3.8, 4) is 0 Å². The van der Waals surface area contributed by atoms with Gasteiger partial charge >= 0.3 is 0 Å². The maximum Gasteiger partial charge on any atom is 0.251 e. The van der Waals surface area contributed by atoms with Gasteiger partial charge in [0, 0.05) is 18.4 Å². The SMILES string of the molecule is O=c1cc(C2CCC2)nc(CC2CNC2)[nH]1. The Hall–Kier alpha value is -1.16. The zero-order valence-corrected chi connectivity index (χ0v) is 9.33. The normalized spacial score (nSPS) is 21.5. The summed E-state index contributed by atoms with van der Waals surface area (Å²) >= 11 is 0. The lowest BCUT2D eigenvalue weighted by Crippen LogP contribution is -2.43. The average Bonchev–Trinajstić information content (AvgIpc) is 2.07. The minimum absolute atomic E-state index is 0.0131. The lowest BCUT2D eigenvalue weighted by molar-refractivity contribution is 0.339. The summed E-state index contributed by atoms with van der Waals surface area (Å²) < 4.78 is 0. The quantitative estimate of drug-likeness (QED) is 0.790. The van der Waals surface area contributed by atoms with Gasteiger partial charge in [0.1, 0.15) is 5.82 Å². The maximum absolute atomic E-state index is 11.5. The molecule has 3 rings (SSSR count). The fraction of sp³-hybridized carbons (Fsp3) is 0.667. The molecular formula is C12H17N3O. The van der Waals surface area contributed by atoms with E-state index in [0.29, 0.717) is 11.8 Å². The van der Waals surface area contributed by atoms with Crippen molar-refractivity contribution in [3.63, 3.8) is 0 Å². The molecular weight excluding hydrogens is 202 g/mol. The zero-order valence-electron chi connectivity index (χ0n) is 9.33. The molecule has 1 aromatic rings. The first-order valence-electron chi connectivity index (χ1n) is 6.12. The molecule has 1 aliphatic heterocycles. The van der Waals surface area contributed by atoms with Gasteiger partial charge < -0.3 is 10.3 Å². The summed E-state index contributed by atoms with van der Waals surface area (Å²) in [6.45, 7) is 2.11. The first-order chi connectivity index (χ1) is 7.81. The Morgan fingerprint density at radius 2 is 2.19 bits per heavy atom. The van der Waals surface area contributed by atoms with Crippen LogP contribution in [0.25, 0.3) is 0 Å². The molecule has 1 aliphatic carbocycles. The second-order valence-electron chi connectivity index (χ2n) is 4.97. The number of H-pyrrole nitrogens is 1. The third-order valence-electron chi connectivity index (χ3n) is 3.68. The van der Waals surface area contributed by atoms with E-state index < -0.39 is 0 Å². The molecule has 16 heavy (non-hydrogen) atoms. The molecule has 0 spiro atoms. The summed E-state index contributed by atoms with van der Waals surface area (Å²) in [5, 5.41) is 3.24. The molecule has 2 fully saturated rings. The van der Waals surface area contributed by atoms with Crippen LogP contribution in [0, 0.1) is 5.92 Å². The first kappa shape index (κ1) is 10.0.